The van der Waals surface area contributed by atoms with Crippen molar-refractivity contribution in [1.82, 2.24) is 9.21 Å². The van der Waals surface area contributed by atoms with Gasteiger partial charge in [0.15, 0.2) is 0 Å². The molecule has 2 amide bonds. The molecule has 30 heavy (non-hydrogen) atoms. The molecule has 1 aromatic carbocycles. The minimum atomic E-state index is -3.52. The van der Waals surface area contributed by atoms with Gasteiger partial charge in [0.2, 0.25) is 21.8 Å². The third kappa shape index (κ3) is 4.12. The molecule has 164 valence electrons. The highest BCUT2D eigenvalue weighted by molar-refractivity contribution is 7.89. The van der Waals surface area contributed by atoms with Crippen molar-refractivity contribution in [3.8, 4) is 0 Å². The summed E-state index contributed by atoms with van der Waals surface area (Å²) in [6.45, 7) is 4.67. The molecule has 1 atom stereocenters. The molecular formula is C22H31N3O4S. The third-order valence-electron chi connectivity index (χ3n) is 6.61. The largest absolute Gasteiger partial charge is 0.343 e. The lowest BCUT2D eigenvalue weighted by Crippen LogP contribution is -2.41. The van der Waals surface area contributed by atoms with E-state index >= 15 is 0 Å². The number of amides is 2. The Morgan fingerprint density at radius 2 is 1.67 bits per heavy atom. The Morgan fingerprint density at radius 3 is 2.40 bits per heavy atom. The van der Waals surface area contributed by atoms with Crippen molar-refractivity contribution < 1.29 is 18.0 Å². The number of benzene rings is 1. The van der Waals surface area contributed by atoms with Gasteiger partial charge >= 0.3 is 0 Å². The topological polar surface area (TPSA) is 78.0 Å². The Labute approximate surface area is 179 Å². The minimum absolute atomic E-state index is 0.0169. The van der Waals surface area contributed by atoms with Gasteiger partial charge in [0.1, 0.15) is 0 Å². The third-order valence-corrected chi connectivity index (χ3v) is 8.62. The fourth-order valence-electron chi connectivity index (χ4n) is 4.84. The number of anilines is 1. The Balaban J connectivity index is 1.44. The van der Waals surface area contributed by atoms with Crippen LogP contribution in [-0.4, -0.2) is 61.7 Å². The smallest absolute Gasteiger partial charge is 0.243 e. The van der Waals surface area contributed by atoms with Gasteiger partial charge < -0.3 is 9.80 Å². The maximum atomic E-state index is 13.1. The number of carbonyl (C=O) groups is 2. The van der Waals surface area contributed by atoms with Gasteiger partial charge in [-0.3, -0.25) is 9.59 Å². The Kier molecular flexibility index (Phi) is 6.16. The number of hydrogen-bond acceptors (Lipinski definition) is 4. The highest BCUT2D eigenvalue weighted by Gasteiger charge is 2.33. The molecule has 1 unspecified atom stereocenters. The van der Waals surface area contributed by atoms with Crippen molar-refractivity contribution in [1.29, 1.82) is 0 Å². The average Bonchev–Trinajstić information content (AvgIpc) is 3.41. The quantitative estimate of drug-likeness (QED) is 0.715. The summed E-state index contributed by atoms with van der Waals surface area (Å²) in [4.78, 5) is 28.8. The van der Waals surface area contributed by atoms with Crippen LogP contribution in [0.4, 0.5) is 5.69 Å². The normalized spacial score (nSPS) is 22.4. The molecule has 0 bridgehead atoms. The Morgan fingerprint density at radius 1 is 0.967 bits per heavy atom. The van der Waals surface area contributed by atoms with Gasteiger partial charge in [-0.15, -0.1) is 0 Å². The highest BCUT2D eigenvalue weighted by Crippen LogP contribution is 2.33. The lowest BCUT2D eigenvalue weighted by molar-refractivity contribution is -0.132. The van der Waals surface area contributed by atoms with Gasteiger partial charge in [-0.05, 0) is 62.8 Å². The molecule has 4 rings (SSSR count). The lowest BCUT2D eigenvalue weighted by Gasteiger charge is -2.32. The van der Waals surface area contributed by atoms with Crippen LogP contribution in [0, 0.1) is 0 Å². The van der Waals surface area contributed by atoms with E-state index in [0.29, 0.717) is 24.4 Å². The highest BCUT2D eigenvalue weighted by atomic mass is 32.2. The number of rotatable bonds is 5. The van der Waals surface area contributed by atoms with Crippen molar-refractivity contribution in [2.24, 2.45) is 0 Å². The first-order valence-corrected chi connectivity index (χ1v) is 12.5. The summed E-state index contributed by atoms with van der Waals surface area (Å²) in [5.41, 5.74) is 1.67. The number of nitrogens with zero attached hydrogens (tertiary/aromatic N) is 3. The van der Waals surface area contributed by atoms with Crippen LogP contribution in [0.3, 0.4) is 0 Å². The predicted molar refractivity (Wildman–Crippen MR) is 115 cm³/mol. The Hall–Kier alpha value is -1.93. The van der Waals surface area contributed by atoms with E-state index in [1.165, 1.54) is 0 Å². The molecule has 3 aliphatic heterocycles. The van der Waals surface area contributed by atoms with Crippen molar-refractivity contribution in [2.45, 2.75) is 69.2 Å². The molecule has 0 aromatic heterocycles. The van der Waals surface area contributed by atoms with E-state index in [1.807, 2.05) is 11.8 Å². The van der Waals surface area contributed by atoms with Crippen LogP contribution in [0.1, 0.15) is 57.4 Å². The van der Waals surface area contributed by atoms with Crippen LogP contribution >= 0.6 is 0 Å². The number of piperidine rings is 1. The van der Waals surface area contributed by atoms with E-state index in [-0.39, 0.29) is 30.7 Å². The van der Waals surface area contributed by atoms with Crippen LogP contribution in [0.5, 0.6) is 0 Å². The molecule has 0 saturated carbocycles. The first-order valence-electron chi connectivity index (χ1n) is 11.1. The summed E-state index contributed by atoms with van der Waals surface area (Å²) < 4.78 is 27.9. The van der Waals surface area contributed by atoms with Crippen molar-refractivity contribution >= 4 is 27.5 Å². The summed E-state index contributed by atoms with van der Waals surface area (Å²) >= 11 is 0. The van der Waals surface area contributed by atoms with Crippen molar-refractivity contribution in [3.05, 3.63) is 23.8 Å². The molecule has 0 spiro atoms. The molecule has 7 nitrogen and oxygen atoms in total. The van der Waals surface area contributed by atoms with Gasteiger partial charge in [-0.1, -0.05) is 6.42 Å². The second kappa shape index (κ2) is 8.67. The summed E-state index contributed by atoms with van der Waals surface area (Å²) in [7, 11) is -3.52. The van der Waals surface area contributed by atoms with Crippen molar-refractivity contribution in [3.63, 3.8) is 0 Å². The predicted octanol–water partition coefficient (Wildman–Crippen LogP) is 2.54. The van der Waals surface area contributed by atoms with E-state index in [0.717, 1.165) is 56.4 Å². The number of hydrogen-bond donors (Lipinski definition) is 0. The molecule has 0 radical (unpaired) electrons. The fraction of sp³-hybridized carbons (Fsp3) is 0.636. The number of sulfonamides is 1. The van der Waals surface area contributed by atoms with E-state index in [1.54, 1.807) is 27.4 Å². The summed E-state index contributed by atoms with van der Waals surface area (Å²) in [6, 6.07) is 5.12. The van der Waals surface area contributed by atoms with E-state index in [4.69, 9.17) is 0 Å². The molecule has 3 heterocycles. The summed E-state index contributed by atoms with van der Waals surface area (Å²) in [5.74, 6) is -0.0149. The molecule has 1 aromatic rings. The fourth-order valence-corrected chi connectivity index (χ4v) is 6.59. The van der Waals surface area contributed by atoms with E-state index in [9.17, 15) is 18.0 Å². The van der Waals surface area contributed by atoms with Crippen LogP contribution in [0.15, 0.2) is 23.1 Å². The summed E-state index contributed by atoms with van der Waals surface area (Å²) in [5, 5.41) is 0. The molecule has 2 fully saturated rings. The SMILES string of the molecule is CC1CCCCN1S(=O)(=O)c1ccc2c(c1)CCN2C(=O)CCC(=O)N1CCCC1. The van der Waals surface area contributed by atoms with E-state index < -0.39 is 10.0 Å². The lowest BCUT2D eigenvalue weighted by atomic mass is 10.1. The van der Waals surface area contributed by atoms with Crippen LogP contribution in [0.2, 0.25) is 0 Å². The zero-order chi connectivity index (χ0) is 21.3. The van der Waals surface area contributed by atoms with Crippen molar-refractivity contribution in [2.75, 3.05) is 31.1 Å². The first-order chi connectivity index (χ1) is 14.4. The van der Waals surface area contributed by atoms with Gasteiger partial charge in [-0.25, -0.2) is 8.42 Å². The second-order valence-electron chi connectivity index (χ2n) is 8.63. The van der Waals surface area contributed by atoms with Gasteiger partial charge in [0.25, 0.3) is 0 Å². The average molecular weight is 434 g/mol. The molecule has 0 aliphatic carbocycles. The second-order valence-corrected chi connectivity index (χ2v) is 10.5. The molecule has 2 saturated heterocycles. The number of likely N-dealkylation sites (tertiary alicyclic amines) is 1. The summed E-state index contributed by atoms with van der Waals surface area (Å²) in [6.07, 6.45) is 6.01. The van der Waals surface area contributed by atoms with Gasteiger partial charge in [0, 0.05) is 50.7 Å². The maximum absolute atomic E-state index is 13.1. The molecule has 8 heteroatoms. The standard InChI is InChI=1S/C22H31N3O4S/c1-17-6-2-3-14-25(17)30(28,29)19-7-8-20-18(16-19)11-15-24(20)22(27)10-9-21(26)23-12-4-5-13-23/h7-8,16-17H,2-6,9-15H2,1H3. The van der Waals surface area contributed by atoms with Gasteiger partial charge in [-0.2, -0.15) is 4.31 Å². The zero-order valence-electron chi connectivity index (χ0n) is 17.7. The minimum Gasteiger partial charge on any atom is -0.343 e. The van der Waals surface area contributed by atoms with Crippen LogP contribution in [0.25, 0.3) is 0 Å². The monoisotopic (exact) mass is 433 g/mol. The Bertz CT molecular complexity index is 924. The van der Waals surface area contributed by atoms with E-state index in [2.05, 4.69) is 0 Å². The maximum Gasteiger partial charge on any atom is 0.243 e. The molecule has 3 aliphatic rings. The molecule has 0 N–H and O–H groups in total. The number of carbonyl (C=O) groups excluding carboxylic acids is 2. The van der Waals surface area contributed by atoms with Crippen LogP contribution < -0.4 is 4.90 Å². The first kappa shape index (κ1) is 21.3. The van der Waals surface area contributed by atoms with Gasteiger partial charge in [0.05, 0.1) is 4.90 Å². The zero-order valence-corrected chi connectivity index (χ0v) is 18.5. The van der Waals surface area contributed by atoms with Crippen LogP contribution in [-0.2, 0) is 26.0 Å². The molecular weight excluding hydrogens is 402 g/mol. The number of fused-ring (bicyclic) bond motifs is 1.